The fourth-order valence-electron chi connectivity index (χ4n) is 3.98. The molecule has 0 aliphatic heterocycles. The smallest absolute Gasteiger partial charge is 0.243 e. The van der Waals surface area contributed by atoms with Gasteiger partial charge in [-0.3, -0.25) is 0 Å². The highest BCUT2D eigenvalue weighted by Gasteiger charge is 2.15. The number of aryl methyl sites for hydroxylation is 1. The van der Waals surface area contributed by atoms with Crippen molar-refractivity contribution in [2.45, 2.75) is 129 Å². The van der Waals surface area contributed by atoms with Crippen LogP contribution in [0.15, 0.2) is 18.7 Å². The monoisotopic (exact) mass is 398 g/mol. The van der Waals surface area contributed by atoms with Crippen molar-refractivity contribution < 1.29 is 17.0 Å². The Morgan fingerprint density at radius 3 is 1.44 bits per heavy atom. The molecule has 27 heavy (non-hydrogen) atoms. The van der Waals surface area contributed by atoms with E-state index in [1.165, 1.54) is 109 Å². The molecule has 0 N–H and O–H groups in total. The van der Waals surface area contributed by atoms with Crippen molar-refractivity contribution in [3.63, 3.8) is 0 Å². The van der Waals surface area contributed by atoms with Gasteiger partial charge in [0, 0.05) is 0 Å². The van der Waals surface area contributed by atoms with E-state index < -0.39 is 0 Å². The van der Waals surface area contributed by atoms with Crippen LogP contribution >= 0.6 is 0 Å². The van der Waals surface area contributed by atoms with E-state index in [2.05, 4.69) is 48.8 Å². The quantitative estimate of drug-likeness (QED) is 0.254. The Morgan fingerprint density at radius 1 is 0.667 bits per heavy atom. The van der Waals surface area contributed by atoms with E-state index in [-0.39, 0.29) is 12.4 Å². The van der Waals surface area contributed by atoms with E-state index in [4.69, 9.17) is 0 Å². The van der Waals surface area contributed by atoms with Crippen molar-refractivity contribution in [3.05, 3.63) is 18.7 Å². The van der Waals surface area contributed by atoms with Gasteiger partial charge in [-0.1, -0.05) is 97.3 Å². The molecule has 0 bridgehead atoms. The van der Waals surface area contributed by atoms with Crippen LogP contribution in [0.1, 0.15) is 129 Å². The number of imidazole rings is 1. The second-order valence-corrected chi connectivity index (χ2v) is 8.35. The number of rotatable bonds is 18. The zero-order valence-electron chi connectivity index (χ0n) is 18.6. The highest BCUT2D eigenvalue weighted by molar-refractivity contribution is 4.75. The molecule has 3 heteroatoms. The highest BCUT2D eigenvalue weighted by Crippen LogP contribution is 2.23. The highest BCUT2D eigenvalue weighted by atomic mass is 35.5. The van der Waals surface area contributed by atoms with E-state index in [0.717, 1.165) is 0 Å². The summed E-state index contributed by atoms with van der Waals surface area (Å²) in [5.74, 6) is 0. The SMILES string of the molecule is CCCCCCCCCCC(CCCCCCCCC)n1cc[n+](C)c1.[Cl-]. The molecule has 1 aromatic rings. The van der Waals surface area contributed by atoms with Crippen LogP contribution in [0.4, 0.5) is 0 Å². The predicted octanol–water partition coefficient (Wildman–Crippen LogP) is 4.53. The lowest BCUT2D eigenvalue weighted by Crippen LogP contribution is -3.00. The topological polar surface area (TPSA) is 8.81 Å². The van der Waals surface area contributed by atoms with E-state index in [1.54, 1.807) is 0 Å². The molecular weight excluding hydrogens is 352 g/mol. The van der Waals surface area contributed by atoms with Crippen LogP contribution in [-0.2, 0) is 7.05 Å². The lowest BCUT2D eigenvalue weighted by atomic mass is 9.99. The molecule has 0 fully saturated rings. The van der Waals surface area contributed by atoms with Crippen LogP contribution in [0, 0.1) is 0 Å². The van der Waals surface area contributed by atoms with Crippen molar-refractivity contribution in [2.75, 3.05) is 0 Å². The van der Waals surface area contributed by atoms with Crippen molar-refractivity contribution in [3.8, 4) is 0 Å². The fraction of sp³-hybridized carbons (Fsp3) is 0.875. The van der Waals surface area contributed by atoms with Gasteiger partial charge in [0.25, 0.3) is 0 Å². The first-order valence-corrected chi connectivity index (χ1v) is 11.8. The predicted molar refractivity (Wildman–Crippen MR) is 114 cm³/mol. The number of unbranched alkanes of at least 4 members (excludes halogenated alkanes) is 13. The van der Waals surface area contributed by atoms with E-state index in [1.807, 2.05) is 0 Å². The van der Waals surface area contributed by atoms with Crippen molar-refractivity contribution >= 4 is 0 Å². The van der Waals surface area contributed by atoms with E-state index in [9.17, 15) is 0 Å². The number of aromatic nitrogens is 2. The maximum Gasteiger partial charge on any atom is 0.243 e. The Morgan fingerprint density at radius 2 is 1.07 bits per heavy atom. The van der Waals surface area contributed by atoms with Crippen LogP contribution in [-0.4, -0.2) is 4.57 Å². The Hall–Kier alpha value is -0.500. The Labute approximate surface area is 176 Å². The van der Waals surface area contributed by atoms with Crippen LogP contribution < -0.4 is 17.0 Å². The maximum absolute atomic E-state index is 2.47. The lowest BCUT2D eigenvalue weighted by molar-refractivity contribution is -0.671. The number of halogens is 1. The molecule has 2 nitrogen and oxygen atoms in total. The second kappa shape index (κ2) is 18.8. The third-order valence-electron chi connectivity index (χ3n) is 5.74. The molecule has 160 valence electrons. The third kappa shape index (κ3) is 14.2. The summed E-state index contributed by atoms with van der Waals surface area (Å²) in [5.41, 5.74) is 0. The third-order valence-corrected chi connectivity index (χ3v) is 5.74. The molecular formula is C24H47ClN2. The Kier molecular flexibility index (Phi) is 18.5. The Balaban J connectivity index is 0.00000676. The summed E-state index contributed by atoms with van der Waals surface area (Å²) in [4.78, 5) is 0. The van der Waals surface area contributed by atoms with Gasteiger partial charge < -0.3 is 12.4 Å². The van der Waals surface area contributed by atoms with Gasteiger partial charge in [0.05, 0.1) is 7.05 Å². The molecule has 0 radical (unpaired) electrons. The summed E-state index contributed by atoms with van der Waals surface area (Å²) in [7, 11) is 2.14. The van der Waals surface area contributed by atoms with Crippen molar-refractivity contribution in [2.24, 2.45) is 7.05 Å². The molecule has 1 heterocycles. The standard InChI is InChI=1S/C24H47N2.ClH/c1-4-6-8-10-12-14-16-18-20-24(26-22-21-25(3)23-26)19-17-15-13-11-9-7-5-2;/h21-24H,4-20H2,1-3H3;1H/q+1;/p-1. The molecule has 1 unspecified atom stereocenters. The molecule has 1 aromatic heterocycles. The first kappa shape index (κ1) is 26.5. The minimum absolute atomic E-state index is 0. The first-order valence-electron chi connectivity index (χ1n) is 11.8. The van der Waals surface area contributed by atoms with Gasteiger partial charge in [-0.25, -0.2) is 9.13 Å². The normalized spacial score (nSPS) is 12.1. The Bertz CT molecular complexity index is 416. The summed E-state index contributed by atoms with van der Waals surface area (Å²) < 4.78 is 4.66. The molecule has 0 saturated carbocycles. The molecule has 1 rings (SSSR count). The van der Waals surface area contributed by atoms with Gasteiger partial charge in [-0.2, -0.15) is 0 Å². The van der Waals surface area contributed by atoms with Crippen LogP contribution in [0.5, 0.6) is 0 Å². The summed E-state index contributed by atoms with van der Waals surface area (Å²) in [6.07, 6.45) is 30.7. The van der Waals surface area contributed by atoms with Gasteiger partial charge in [-0.15, -0.1) is 0 Å². The molecule has 0 spiro atoms. The minimum atomic E-state index is 0. The summed E-state index contributed by atoms with van der Waals surface area (Å²) >= 11 is 0. The van der Waals surface area contributed by atoms with Crippen molar-refractivity contribution in [1.82, 2.24) is 4.57 Å². The summed E-state index contributed by atoms with van der Waals surface area (Å²) in [6, 6.07) is 0.715. The fourth-order valence-corrected chi connectivity index (χ4v) is 3.98. The summed E-state index contributed by atoms with van der Waals surface area (Å²) in [6.45, 7) is 4.60. The molecule has 0 amide bonds. The molecule has 1 atom stereocenters. The van der Waals surface area contributed by atoms with Gasteiger partial charge in [0.1, 0.15) is 18.4 Å². The van der Waals surface area contributed by atoms with Crippen LogP contribution in [0.3, 0.4) is 0 Å². The van der Waals surface area contributed by atoms with Gasteiger partial charge in [-0.05, 0) is 25.7 Å². The van der Waals surface area contributed by atoms with E-state index in [0.29, 0.717) is 6.04 Å². The first-order chi connectivity index (χ1) is 12.8. The van der Waals surface area contributed by atoms with E-state index >= 15 is 0 Å². The summed E-state index contributed by atoms with van der Waals surface area (Å²) in [5, 5.41) is 0. The number of hydrogen-bond donors (Lipinski definition) is 0. The van der Waals surface area contributed by atoms with Crippen LogP contribution in [0.25, 0.3) is 0 Å². The number of hydrogen-bond acceptors (Lipinski definition) is 0. The van der Waals surface area contributed by atoms with Gasteiger partial charge in [0.2, 0.25) is 6.33 Å². The van der Waals surface area contributed by atoms with Crippen molar-refractivity contribution in [1.29, 1.82) is 0 Å². The van der Waals surface area contributed by atoms with Crippen LogP contribution in [0.2, 0.25) is 0 Å². The van der Waals surface area contributed by atoms with Gasteiger partial charge >= 0.3 is 0 Å². The maximum atomic E-state index is 2.47. The second-order valence-electron chi connectivity index (χ2n) is 8.35. The molecule has 0 saturated heterocycles. The average molecular weight is 399 g/mol. The molecule has 0 aliphatic carbocycles. The average Bonchev–Trinajstić information content (AvgIpc) is 3.07. The zero-order valence-corrected chi connectivity index (χ0v) is 19.4. The molecule has 0 aliphatic rings. The minimum Gasteiger partial charge on any atom is -1.00 e. The zero-order chi connectivity index (χ0) is 18.9. The lowest BCUT2D eigenvalue weighted by Gasteiger charge is -2.14. The largest absolute Gasteiger partial charge is 1.00 e. The number of nitrogens with zero attached hydrogens (tertiary/aromatic N) is 2. The van der Waals surface area contributed by atoms with Gasteiger partial charge in [0.15, 0.2) is 0 Å². The molecule has 0 aromatic carbocycles.